The fourth-order valence-corrected chi connectivity index (χ4v) is 2.31. The number of hydrazone groups is 1. The van der Waals surface area contributed by atoms with Gasteiger partial charge in [0.15, 0.2) is 6.61 Å². The summed E-state index contributed by atoms with van der Waals surface area (Å²) in [5.74, 6) is 0.250. The number of amides is 1. The second-order valence-corrected chi connectivity index (χ2v) is 5.86. The molecule has 0 aromatic heterocycles. The molecular weight excluding hydrogens is 345 g/mol. The van der Waals surface area contributed by atoms with Crippen LogP contribution < -0.4 is 10.2 Å². The van der Waals surface area contributed by atoms with E-state index in [0.29, 0.717) is 5.75 Å². The Hall–Kier alpha value is -2.83. The monoisotopic (exact) mass is 364 g/mol. The number of alkyl halides is 3. The smallest absolute Gasteiger partial charge is 0.417 e. The molecule has 2 rings (SSSR count). The van der Waals surface area contributed by atoms with Crippen molar-refractivity contribution in [3.8, 4) is 5.75 Å². The Bertz CT molecular complexity index is 786. The molecule has 2 aromatic rings. The van der Waals surface area contributed by atoms with E-state index in [1.54, 1.807) is 12.1 Å². The third-order valence-electron chi connectivity index (χ3n) is 3.56. The predicted octanol–water partition coefficient (Wildman–Crippen LogP) is 4.36. The van der Waals surface area contributed by atoms with Gasteiger partial charge in [-0.25, -0.2) is 5.43 Å². The van der Waals surface area contributed by atoms with E-state index in [2.05, 4.69) is 10.5 Å². The summed E-state index contributed by atoms with van der Waals surface area (Å²) in [6.07, 6.45) is -3.53. The molecule has 0 atom stereocenters. The van der Waals surface area contributed by atoms with E-state index < -0.39 is 17.6 Å². The normalized spacial score (nSPS) is 11.8. The van der Waals surface area contributed by atoms with Crippen molar-refractivity contribution in [1.82, 2.24) is 5.43 Å². The van der Waals surface area contributed by atoms with E-state index in [1.165, 1.54) is 18.2 Å². The zero-order valence-corrected chi connectivity index (χ0v) is 14.4. The van der Waals surface area contributed by atoms with Crippen molar-refractivity contribution in [2.24, 2.45) is 5.10 Å². The molecule has 2 aromatic carbocycles. The third kappa shape index (κ3) is 5.34. The van der Waals surface area contributed by atoms with Crippen LogP contribution in [0.2, 0.25) is 0 Å². The van der Waals surface area contributed by atoms with Gasteiger partial charge in [-0.1, -0.05) is 50.2 Å². The second-order valence-electron chi connectivity index (χ2n) is 5.86. The van der Waals surface area contributed by atoms with Crippen LogP contribution >= 0.6 is 0 Å². The summed E-state index contributed by atoms with van der Waals surface area (Å²) in [6, 6.07) is 12.3. The van der Waals surface area contributed by atoms with Gasteiger partial charge >= 0.3 is 6.18 Å². The van der Waals surface area contributed by atoms with Crippen molar-refractivity contribution >= 4 is 12.1 Å². The fraction of sp³-hybridized carbons (Fsp3) is 0.263. The molecule has 0 aliphatic carbocycles. The van der Waals surface area contributed by atoms with Crippen molar-refractivity contribution < 1.29 is 22.7 Å². The lowest BCUT2D eigenvalue weighted by Crippen LogP contribution is -2.25. The Labute approximate surface area is 149 Å². The minimum Gasteiger partial charge on any atom is -0.483 e. The number of carbonyl (C=O) groups is 1. The second kappa shape index (κ2) is 8.51. The molecule has 1 amide bonds. The quantitative estimate of drug-likeness (QED) is 0.612. The molecule has 26 heavy (non-hydrogen) atoms. The summed E-state index contributed by atoms with van der Waals surface area (Å²) in [7, 11) is 0. The Morgan fingerprint density at radius 1 is 1.15 bits per heavy atom. The molecule has 4 nitrogen and oxygen atoms in total. The molecule has 1 N–H and O–H groups in total. The van der Waals surface area contributed by atoms with Gasteiger partial charge < -0.3 is 4.74 Å². The van der Waals surface area contributed by atoms with Gasteiger partial charge in [0, 0.05) is 5.56 Å². The van der Waals surface area contributed by atoms with Crippen molar-refractivity contribution in [2.45, 2.75) is 25.9 Å². The number of nitrogens with one attached hydrogen (secondary N) is 1. The molecule has 0 radical (unpaired) electrons. The van der Waals surface area contributed by atoms with Gasteiger partial charge in [0.2, 0.25) is 0 Å². The van der Waals surface area contributed by atoms with Gasteiger partial charge in [0.25, 0.3) is 5.91 Å². The number of carbonyl (C=O) groups excluding carboxylic acids is 1. The highest BCUT2D eigenvalue weighted by atomic mass is 19.4. The zero-order chi connectivity index (χ0) is 19.2. The molecule has 0 saturated heterocycles. The van der Waals surface area contributed by atoms with Gasteiger partial charge in [-0.15, -0.1) is 0 Å². The van der Waals surface area contributed by atoms with E-state index >= 15 is 0 Å². The average Bonchev–Trinajstić information content (AvgIpc) is 2.59. The molecule has 0 aliphatic heterocycles. The van der Waals surface area contributed by atoms with Crippen LogP contribution in [0.25, 0.3) is 0 Å². The standard InChI is InChI=1S/C19H19F3N2O2/c1-13(2)15-8-4-6-10-17(15)26-12-18(25)24-23-11-14-7-3-5-9-16(14)19(20,21)22/h3-11,13H,12H2,1-2H3,(H,24,25). The van der Waals surface area contributed by atoms with Crippen LogP contribution in [0.15, 0.2) is 53.6 Å². The molecule has 0 heterocycles. The Balaban J connectivity index is 1.95. The summed E-state index contributed by atoms with van der Waals surface area (Å²) >= 11 is 0. The van der Waals surface area contributed by atoms with E-state index in [9.17, 15) is 18.0 Å². The van der Waals surface area contributed by atoms with Crippen LogP contribution in [0.3, 0.4) is 0 Å². The molecule has 0 unspecified atom stereocenters. The lowest BCUT2D eigenvalue weighted by atomic mass is 10.0. The number of hydrogen-bond donors (Lipinski definition) is 1. The molecular formula is C19H19F3N2O2. The maximum Gasteiger partial charge on any atom is 0.417 e. The Morgan fingerprint density at radius 3 is 2.50 bits per heavy atom. The fourth-order valence-electron chi connectivity index (χ4n) is 2.31. The Kier molecular flexibility index (Phi) is 6.38. The number of para-hydroxylation sites is 1. The first-order valence-corrected chi connectivity index (χ1v) is 7.99. The highest BCUT2D eigenvalue weighted by molar-refractivity contribution is 5.84. The molecule has 0 fully saturated rings. The lowest BCUT2D eigenvalue weighted by molar-refractivity contribution is -0.137. The number of ether oxygens (including phenoxy) is 1. The van der Waals surface area contributed by atoms with Gasteiger partial charge in [-0.2, -0.15) is 18.3 Å². The van der Waals surface area contributed by atoms with Crippen LogP contribution in [0, 0.1) is 0 Å². The first kappa shape index (κ1) is 19.5. The van der Waals surface area contributed by atoms with E-state index in [1.807, 2.05) is 26.0 Å². The summed E-state index contributed by atoms with van der Waals surface area (Å²) in [6.45, 7) is 3.72. The number of hydrogen-bond acceptors (Lipinski definition) is 3. The largest absolute Gasteiger partial charge is 0.483 e. The molecule has 0 spiro atoms. The predicted molar refractivity (Wildman–Crippen MR) is 93.2 cm³/mol. The summed E-state index contributed by atoms with van der Waals surface area (Å²) < 4.78 is 44.1. The average molecular weight is 364 g/mol. The van der Waals surface area contributed by atoms with Crippen LogP contribution in [-0.2, 0) is 11.0 Å². The summed E-state index contributed by atoms with van der Waals surface area (Å²) in [5.41, 5.74) is 2.18. The molecule has 0 bridgehead atoms. The zero-order valence-electron chi connectivity index (χ0n) is 14.4. The van der Waals surface area contributed by atoms with Crippen LogP contribution in [0.5, 0.6) is 5.75 Å². The van der Waals surface area contributed by atoms with Crippen LogP contribution in [0.1, 0.15) is 36.5 Å². The van der Waals surface area contributed by atoms with Gasteiger partial charge in [0.1, 0.15) is 5.75 Å². The van der Waals surface area contributed by atoms with E-state index in [-0.39, 0.29) is 18.1 Å². The third-order valence-corrected chi connectivity index (χ3v) is 3.56. The van der Waals surface area contributed by atoms with E-state index in [0.717, 1.165) is 17.8 Å². The van der Waals surface area contributed by atoms with Gasteiger partial charge in [0.05, 0.1) is 11.8 Å². The summed E-state index contributed by atoms with van der Waals surface area (Å²) in [5, 5.41) is 3.58. The van der Waals surface area contributed by atoms with Crippen molar-refractivity contribution in [1.29, 1.82) is 0 Å². The molecule has 138 valence electrons. The highest BCUT2D eigenvalue weighted by Gasteiger charge is 2.32. The van der Waals surface area contributed by atoms with Crippen molar-refractivity contribution in [3.63, 3.8) is 0 Å². The highest BCUT2D eigenvalue weighted by Crippen LogP contribution is 2.31. The number of nitrogens with zero attached hydrogens (tertiary/aromatic N) is 1. The van der Waals surface area contributed by atoms with Gasteiger partial charge in [-0.05, 0) is 23.6 Å². The minimum atomic E-state index is -4.49. The molecule has 0 aliphatic rings. The molecule has 0 saturated carbocycles. The number of halogens is 3. The van der Waals surface area contributed by atoms with Crippen molar-refractivity contribution in [2.75, 3.05) is 6.61 Å². The summed E-state index contributed by atoms with van der Waals surface area (Å²) in [4.78, 5) is 11.8. The molecule has 7 heteroatoms. The maximum absolute atomic E-state index is 12.9. The number of rotatable bonds is 6. The first-order chi connectivity index (χ1) is 12.3. The van der Waals surface area contributed by atoms with E-state index in [4.69, 9.17) is 4.74 Å². The van der Waals surface area contributed by atoms with Crippen LogP contribution in [0.4, 0.5) is 13.2 Å². The van der Waals surface area contributed by atoms with Gasteiger partial charge in [-0.3, -0.25) is 4.79 Å². The topological polar surface area (TPSA) is 50.7 Å². The number of benzene rings is 2. The minimum absolute atomic E-state index is 0.133. The van der Waals surface area contributed by atoms with Crippen molar-refractivity contribution in [3.05, 3.63) is 65.2 Å². The SMILES string of the molecule is CC(C)c1ccccc1OCC(=O)NN=Cc1ccccc1C(F)(F)F. The van der Waals surface area contributed by atoms with Crippen LogP contribution in [-0.4, -0.2) is 18.7 Å². The Morgan fingerprint density at radius 2 is 1.81 bits per heavy atom. The maximum atomic E-state index is 12.9. The lowest BCUT2D eigenvalue weighted by Gasteiger charge is -2.13. The first-order valence-electron chi connectivity index (χ1n) is 7.99.